The van der Waals surface area contributed by atoms with Crippen LogP contribution in [0.4, 0.5) is 4.39 Å². The van der Waals surface area contributed by atoms with Crippen LogP contribution in [0.5, 0.6) is 0 Å². The number of nitrogens with one attached hydrogen (secondary N) is 1. The summed E-state index contributed by atoms with van der Waals surface area (Å²) in [5, 5.41) is 18.9. The standard InChI is InChI=1S/C6H10FNO4/c7-1-2-8-4(6(11)12)3-5(9)10/h4,8H,1-3H2,(H,9,10)(H,11,12). The highest BCUT2D eigenvalue weighted by molar-refractivity contribution is 5.80. The van der Waals surface area contributed by atoms with Crippen LogP contribution in [0.1, 0.15) is 6.42 Å². The van der Waals surface area contributed by atoms with Crippen molar-refractivity contribution >= 4 is 11.9 Å². The van der Waals surface area contributed by atoms with Crippen molar-refractivity contribution in [3.63, 3.8) is 0 Å². The van der Waals surface area contributed by atoms with Gasteiger partial charge in [-0.3, -0.25) is 9.59 Å². The Kier molecular flexibility index (Phi) is 4.94. The fourth-order valence-electron chi connectivity index (χ4n) is 0.650. The van der Waals surface area contributed by atoms with E-state index >= 15 is 0 Å². The molecule has 3 N–H and O–H groups in total. The third-order valence-corrected chi connectivity index (χ3v) is 1.16. The van der Waals surface area contributed by atoms with E-state index in [2.05, 4.69) is 5.32 Å². The molecule has 0 saturated carbocycles. The van der Waals surface area contributed by atoms with Crippen LogP contribution in [-0.2, 0) is 9.59 Å². The largest absolute Gasteiger partial charge is 0.481 e. The Morgan fingerprint density at radius 1 is 1.42 bits per heavy atom. The molecule has 0 radical (unpaired) electrons. The highest BCUT2D eigenvalue weighted by Crippen LogP contribution is 1.91. The quantitative estimate of drug-likeness (QED) is 0.510. The lowest BCUT2D eigenvalue weighted by atomic mass is 10.2. The molecule has 0 bridgehead atoms. The molecular formula is C6H10FNO4. The first kappa shape index (κ1) is 10.8. The van der Waals surface area contributed by atoms with E-state index in [1.165, 1.54) is 0 Å². The Balaban J connectivity index is 3.87. The summed E-state index contributed by atoms with van der Waals surface area (Å²) in [6.07, 6.45) is -0.546. The number of alkyl halides is 1. The summed E-state index contributed by atoms with van der Waals surface area (Å²) < 4.78 is 11.6. The lowest BCUT2D eigenvalue weighted by Gasteiger charge is -2.09. The zero-order chi connectivity index (χ0) is 9.56. The molecule has 5 nitrogen and oxygen atoms in total. The molecule has 12 heavy (non-hydrogen) atoms. The summed E-state index contributed by atoms with van der Waals surface area (Å²) >= 11 is 0. The van der Waals surface area contributed by atoms with Crippen molar-refractivity contribution < 1.29 is 24.2 Å². The van der Waals surface area contributed by atoms with Gasteiger partial charge in [-0.05, 0) is 0 Å². The first-order valence-electron chi connectivity index (χ1n) is 3.32. The molecule has 0 aliphatic carbocycles. The molecule has 0 aromatic rings. The number of carbonyl (C=O) groups is 2. The van der Waals surface area contributed by atoms with Crippen LogP contribution in [-0.4, -0.2) is 41.4 Å². The Hall–Kier alpha value is -1.17. The molecule has 0 fully saturated rings. The zero-order valence-electron chi connectivity index (χ0n) is 6.29. The number of aliphatic carboxylic acids is 2. The van der Waals surface area contributed by atoms with Gasteiger partial charge >= 0.3 is 11.9 Å². The van der Waals surface area contributed by atoms with E-state index in [1.54, 1.807) is 0 Å². The van der Waals surface area contributed by atoms with Crippen LogP contribution < -0.4 is 5.32 Å². The number of hydrogen-bond acceptors (Lipinski definition) is 3. The van der Waals surface area contributed by atoms with Gasteiger partial charge in [0.2, 0.25) is 0 Å². The molecule has 0 aromatic carbocycles. The first-order valence-corrected chi connectivity index (χ1v) is 3.32. The Morgan fingerprint density at radius 2 is 2.00 bits per heavy atom. The summed E-state index contributed by atoms with van der Waals surface area (Å²) in [5.74, 6) is -2.51. The molecule has 0 aliphatic heterocycles. The highest BCUT2D eigenvalue weighted by atomic mass is 19.1. The van der Waals surface area contributed by atoms with Gasteiger partial charge in [0, 0.05) is 6.54 Å². The number of carboxylic acid groups (broad SMARTS) is 2. The lowest BCUT2D eigenvalue weighted by molar-refractivity contribution is -0.145. The molecule has 0 amide bonds. The van der Waals surface area contributed by atoms with Crippen LogP contribution in [0.25, 0.3) is 0 Å². The van der Waals surface area contributed by atoms with Crippen LogP contribution in [0.2, 0.25) is 0 Å². The summed E-state index contributed by atoms with van der Waals surface area (Å²) in [7, 11) is 0. The smallest absolute Gasteiger partial charge is 0.321 e. The third-order valence-electron chi connectivity index (χ3n) is 1.16. The minimum absolute atomic E-state index is 0.149. The summed E-state index contributed by atoms with van der Waals surface area (Å²) in [4.78, 5) is 20.4. The van der Waals surface area contributed by atoms with Gasteiger partial charge in [0.15, 0.2) is 0 Å². The molecule has 1 unspecified atom stereocenters. The molecule has 70 valence electrons. The van der Waals surface area contributed by atoms with Gasteiger partial charge in [-0.25, -0.2) is 4.39 Å². The van der Waals surface area contributed by atoms with Crippen molar-refractivity contribution in [1.82, 2.24) is 5.32 Å². The van der Waals surface area contributed by atoms with Crippen LogP contribution in [0, 0.1) is 0 Å². The Bertz CT molecular complexity index is 173. The average molecular weight is 179 g/mol. The maximum Gasteiger partial charge on any atom is 0.321 e. The average Bonchev–Trinajstić information content (AvgIpc) is 1.96. The van der Waals surface area contributed by atoms with Crippen molar-refractivity contribution in [3.05, 3.63) is 0 Å². The Morgan fingerprint density at radius 3 is 2.33 bits per heavy atom. The first-order chi connectivity index (χ1) is 5.57. The maximum absolute atomic E-state index is 11.6. The van der Waals surface area contributed by atoms with E-state index in [9.17, 15) is 14.0 Å². The molecule has 0 spiro atoms. The number of halogens is 1. The third kappa shape index (κ3) is 4.62. The van der Waals surface area contributed by atoms with Gasteiger partial charge < -0.3 is 15.5 Å². The minimum Gasteiger partial charge on any atom is -0.481 e. The maximum atomic E-state index is 11.6. The van der Waals surface area contributed by atoms with Gasteiger partial charge in [0.1, 0.15) is 12.7 Å². The predicted molar refractivity (Wildman–Crippen MR) is 37.7 cm³/mol. The fourth-order valence-corrected chi connectivity index (χ4v) is 0.650. The van der Waals surface area contributed by atoms with Gasteiger partial charge in [-0.1, -0.05) is 0 Å². The second kappa shape index (κ2) is 5.48. The second-order valence-electron chi connectivity index (χ2n) is 2.13. The normalized spacial score (nSPS) is 12.4. The zero-order valence-corrected chi connectivity index (χ0v) is 6.29. The topological polar surface area (TPSA) is 86.6 Å². The Labute approximate surface area is 68.2 Å². The minimum atomic E-state index is -1.29. The van der Waals surface area contributed by atoms with E-state index in [-0.39, 0.29) is 6.54 Å². The summed E-state index contributed by atoms with van der Waals surface area (Å²) in [5.41, 5.74) is 0. The van der Waals surface area contributed by atoms with Crippen molar-refractivity contribution in [2.75, 3.05) is 13.2 Å². The van der Waals surface area contributed by atoms with E-state index < -0.39 is 31.1 Å². The number of rotatable bonds is 6. The van der Waals surface area contributed by atoms with Crippen LogP contribution in [0.15, 0.2) is 0 Å². The molecule has 0 saturated heterocycles. The van der Waals surface area contributed by atoms with Crippen molar-refractivity contribution in [3.8, 4) is 0 Å². The molecule has 0 heterocycles. The van der Waals surface area contributed by atoms with Crippen molar-refractivity contribution in [2.24, 2.45) is 0 Å². The van der Waals surface area contributed by atoms with Crippen molar-refractivity contribution in [1.29, 1.82) is 0 Å². The van der Waals surface area contributed by atoms with Crippen LogP contribution in [0.3, 0.4) is 0 Å². The monoisotopic (exact) mass is 179 g/mol. The molecule has 0 rings (SSSR count). The van der Waals surface area contributed by atoms with Gasteiger partial charge in [-0.2, -0.15) is 0 Å². The van der Waals surface area contributed by atoms with Gasteiger partial charge in [-0.15, -0.1) is 0 Å². The second-order valence-corrected chi connectivity index (χ2v) is 2.13. The van der Waals surface area contributed by atoms with Gasteiger partial charge in [0.25, 0.3) is 0 Å². The predicted octanol–water partition coefficient (Wildman–Crippen LogP) is -0.527. The van der Waals surface area contributed by atoms with Gasteiger partial charge in [0.05, 0.1) is 6.42 Å². The molecule has 1 atom stereocenters. The molecule has 6 heteroatoms. The number of carboxylic acids is 2. The number of hydrogen-bond donors (Lipinski definition) is 3. The molecule has 0 aromatic heterocycles. The highest BCUT2D eigenvalue weighted by Gasteiger charge is 2.19. The summed E-state index contributed by atoms with van der Waals surface area (Å²) in [6.45, 7) is -0.867. The summed E-state index contributed by atoms with van der Waals surface area (Å²) in [6, 6.07) is -1.21. The van der Waals surface area contributed by atoms with E-state index in [1.807, 2.05) is 0 Å². The fraction of sp³-hybridized carbons (Fsp3) is 0.667. The van der Waals surface area contributed by atoms with E-state index in [4.69, 9.17) is 10.2 Å². The lowest BCUT2D eigenvalue weighted by Crippen LogP contribution is -2.39. The van der Waals surface area contributed by atoms with Crippen LogP contribution >= 0.6 is 0 Å². The molecular weight excluding hydrogens is 169 g/mol. The molecule has 0 aliphatic rings. The SMILES string of the molecule is O=C(O)CC(NCCF)C(=O)O. The van der Waals surface area contributed by atoms with Crippen molar-refractivity contribution in [2.45, 2.75) is 12.5 Å². The van der Waals surface area contributed by atoms with E-state index in [0.717, 1.165) is 0 Å². The van der Waals surface area contributed by atoms with E-state index in [0.29, 0.717) is 0 Å².